The van der Waals surface area contributed by atoms with Gasteiger partial charge in [0.1, 0.15) is 5.82 Å². The summed E-state index contributed by atoms with van der Waals surface area (Å²) in [5, 5.41) is 9.96. The summed E-state index contributed by atoms with van der Waals surface area (Å²) in [4.78, 5) is -0.151. The Morgan fingerprint density at radius 2 is 2.06 bits per heavy atom. The van der Waals surface area contributed by atoms with E-state index in [-0.39, 0.29) is 17.4 Å². The Kier molecular flexibility index (Phi) is 4.47. The summed E-state index contributed by atoms with van der Waals surface area (Å²) >= 11 is 0. The fourth-order valence-electron chi connectivity index (χ4n) is 1.16. The average Bonchev–Trinajstić information content (AvgIpc) is 2.26. The van der Waals surface area contributed by atoms with Crippen LogP contribution in [0.3, 0.4) is 0 Å². The molecule has 0 aromatic heterocycles. The summed E-state index contributed by atoms with van der Waals surface area (Å²) < 4.78 is 39.0. The summed E-state index contributed by atoms with van der Waals surface area (Å²) in [6.07, 6.45) is 0. The smallest absolute Gasteiger partial charge is 0.240 e. The second-order valence-corrected chi connectivity index (χ2v) is 6.56. The molecule has 1 atom stereocenters. The minimum atomic E-state index is -3.80. The number of halogens is 1. The predicted molar refractivity (Wildman–Crippen MR) is 67.1 cm³/mol. The molecule has 0 aliphatic carbocycles. The topological polar surface area (TPSA) is 66.4 Å². The van der Waals surface area contributed by atoms with Crippen LogP contribution < -0.4 is 4.72 Å². The normalized spacial score (nSPS) is 15.7. The van der Waals surface area contributed by atoms with E-state index in [9.17, 15) is 17.9 Å². The molecular weight excluding hydrogens is 257 g/mol. The number of sulfonamides is 1. The first-order valence-electron chi connectivity index (χ1n) is 5.63. The van der Waals surface area contributed by atoms with Crippen molar-refractivity contribution in [1.29, 1.82) is 0 Å². The van der Waals surface area contributed by atoms with E-state index in [2.05, 4.69) is 4.72 Å². The third-order valence-corrected chi connectivity index (χ3v) is 4.37. The van der Waals surface area contributed by atoms with E-state index < -0.39 is 21.4 Å². The van der Waals surface area contributed by atoms with Crippen LogP contribution in [0, 0.1) is 11.7 Å². The molecule has 0 amide bonds. The Morgan fingerprint density at radius 3 is 2.56 bits per heavy atom. The standard InChI is InChI=1S/C12H18FNO3S/c1-9(2)12(3,15)8-14-18(16,17)11-6-4-5-10(13)7-11/h4-7,9,14-15H,8H2,1-3H3. The zero-order valence-electron chi connectivity index (χ0n) is 10.6. The summed E-state index contributed by atoms with van der Waals surface area (Å²) in [5.41, 5.74) is -1.15. The molecule has 1 aromatic rings. The fraction of sp³-hybridized carbons (Fsp3) is 0.500. The van der Waals surface area contributed by atoms with Gasteiger partial charge in [-0.1, -0.05) is 19.9 Å². The fourth-order valence-corrected chi connectivity index (χ4v) is 2.34. The van der Waals surface area contributed by atoms with Crippen LogP contribution in [0.15, 0.2) is 29.2 Å². The molecule has 2 N–H and O–H groups in total. The largest absolute Gasteiger partial charge is 0.389 e. The quantitative estimate of drug-likeness (QED) is 0.856. The zero-order valence-corrected chi connectivity index (χ0v) is 11.5. The molecule has 1 aromatic carbocycles. The number of aliphatic hydroxyl groups is 1. The van der Waals surface area contributed by atoms with Crippen LogP contribution in [0.25, 0.3) is 0 Å². The molecule has 1 unspecified atom stereocenters. The van der Waals surface area contributed by atoms with Crippen molar-refractivity contribution in [3.63, 3.8) is 0 Å². The van der Waals surface area contributed by atoms with Gasteiger partial charge in [0.15, 0.2) is 0 Å². The maximum Gasteiger partial charge on any atom is 0.240 e. The van der Waals surface area contributed by atoms with Crippen molar-refractivity contribution in [2.24, 2.45) is 5.92 Å². The minimum absolute atomic E-state index is 0.104. The molecule has 0 fully saturated rings. The van der Waals surface area contributed by atoms with E-state index in [1.807, 2.05) is 0 Å². The van der Waals surface area contributed by atoms with Crippen LogP contribution in [0.2, 0.25) is 0 Å². The van der Waals surface area contributed by atoms with E-state index in [1.165, 1.54) is 18.2 Å². The van der Waals surface area contributed by atoms with Crippen molar-refractivity contribution in [2.75, 3.05) is 6.54 Å². The number of hydrogen-bond donors (Lipinski definition) is 2. The molecule has 0 saturated heterocycles. The van der Waals surface area contributed by atoms with Crippen LogP contribution in [0.4, 0.5) is 4.39 Å². The van der Waals surface area contributed by atoms with E-state index >= 15 is 0 Å². The van der Waals surface area contributed by atoms with Gasteiger partial charge < -0.3 is 5.11 Å². The molecule has 0 aliphatic rings. The Hall–Kier alpha value is -0.980. The van der Waals surface area contributed by atoms with Crippen LogP contribution in [0.1, 0.15) is 20.8 Å². The highest BCUT2D eigenvalue weighted by Gasteiger charge is 2.27. The monoisotopic (exact) mass is 275 g/mol. The van der Waals surface area contributed by atoms with Gasteiger partial charge in [-0.3, -0.25) is 0 Å². The van der Waals surface area contributed by atoms with Crippen LogP contribution in [-0.4, -0.2) is 25.7 Å². The number of rotatable bonds is 5. The molecule has 6 heteroatoms. The minimum Gasteiger partial charge on any atom is -0.389 e. The van der Waals surface area contributed by atoms with Crippen molar-refractivity contribution in [3.8, 4) is 0 Å². The Labute approximate surface area is 107 Å². The van der Waals surface area contributed by atoms with Crippen LogP contribution in [-0.2, 0) is 10.0 Å². The predicted octanol–water partition coefficient (Wildman–Crippen LogP) is 1.51. The Morgan fingerprint density at radius 1 is 1.44 bits per heavy atom. The average molecular weight is 275 g/mol. The maximum atomic E-state index is 13.0. The van der Waals surface area contributed by atoms with E-state index in [1.54, 1.807) is 20.8 Å². The summed E-state index contributed by atoms with van der Waals surface area (Å²) in [5.74, 6) is -0.721. The van der Waals surface area contributed by atoms with Gasteiger partial charge in [-0.2, -0.15) is 0 Å². The first kappa shape index (κ1) is 15.1. The molecule has 4 nitrogen and oxygen atoms in total. The maximum absolute atomic E-state index is 13.0. The van der Waals surface area contributed by atoms with Gasteiger partial charge in [0.25, 0.3) is 0 Å². The van der Waals surface area contributed by atoms with Crippen LogP contribution >= 0.6 is 0 Å². The molecule has 0 spiro atoms. The van der Waals surface area contributed by atoms with Gasteiger partial charge in [0.2, 0.25) is 10.0 Å². The van der Waals surface area contributed by atoms with Gasteiger partial charge in [0, 0.05) is 6.54 Å². The lowest BCUT2D eigenvalue weighted by molar-refractivity contribution is 0.0190. The molecule has 0 radical (unpaired) electrons. The second kappa shape index (κ2) is 5.34. The molecule has 18 heavy (non-hydrogen) atoms. The van der Waals surface area contributed by atoms with Crippen molar-refractivity contribution >= 4 is 10.0 Å². The highest BCUT2D eigenvalue weighted by Crippen LogP contribution is 2.16. The van der Waals surface area contributed by atoms with Crippen molar-refractivity contribution in [2.45, 2.75) is 31.3 Å². The molecule has 0 aliphatic heterocycles. The third kappa shape index (κ3) is 3.76. The highest BCUT2D eigenvalue weighted by molar-refractivity contribution is 7.89. The van der Waals surface area contributed by atoms with E-state index in [0.717, 1.165) is 6.07 Å². The van der Waals surface area contributed by atoms with Gasteiger partial charge in [-0.05, 0) is 31.0 Å². The Bertz CT molecular complexity index is 512. The van der Waals surface area contributed by atoms with Gasteiger partial charge >= 0.3 is 0 Å². The van der Waals surface area contributed by atoms with E-state index in [0.29, 0.717) is 0 Å². The lowest BCUT2D eigenvalue weighted by Gasteiger charge is -2.27. The molecular formula is C12H18FNO3S. The van der Waals surface area contributed by atoms with Gasteiger partial charge in [-0.15, -0.1) is 0 Å². The van der Waals surface area contributed by atoms with Gasteiger partial charge in [-0.25, -0.2) is 17.5 Å². The van der Waals surface area contributed by atoms with Crippen molar-refractivity contribution < 1.29 is 17.9 Å². The van der Waals surface area contributed by atoms with E-state index in [4.69, 9.17) is 0 Å². The number of nitrogens with one attached hydrogen (secondary N) is 1. The summed E-state index contributed by atoms with van der Waals surface area (Å²) in [6.45, 7) is 5.00. The molecule has 0 saturated carbocycles. The molecule has 0 bridgehead atoms. The molecule has 0 heterocycles. The Balaban J connectivity index is 2.84. The first-order chi connectivity index (χ1) is 8.15. The summed E-state index contributed by atoms with van der Waals surface area (Å²) in [7, 11) is -3.80. The SMILES string of the molecule is CC(C)C(C)(O)CNS(=O)(=O)c1cccc(F)c1. The highest BCUT2D eigenvalue weighted by atomic mass is 32.2. The van der Waals surface area contributed by atoms with Crippen molar-refractivity contribution in [1.82, 2.24) is 4.72 Å². The number of hydrogen-bond acceptors (Lipinski definition) is 3. The summed E-state index contributed by atoms with van der Waals surface area (Å²) in [6, 6.07) is 4.73. The third-order valence-electron chi connectivity index (χ3n) is 2.97. The van der Waals surface area contributed by atoms with Crippen LogP contribution in [0.5, 0.6) is 0 Å². The molecule has 102 valence electrons. The zero-order chi connectivity index (χ0) is 14.0. The first-order valence-corrected chi connectivity index (χ1v) is 7.11. The number of benzene rings is 1. The van der Waals surface area contributed by atoms with Gasteiger partial charge in [0.05, 0.1) is 10.5 Å². The lowest BCUT2D eigenvalue weighted by Crippen LogP contribution is -2.44. The lowest BCUT2D eigenvalue weighted by atomic mass is 9.93. The van der Waals surface area contributed by atoms with Crippen molar-refractivity contribution in [3.05, 3.63) is 30.1 Å². The molecule has 1 rings (SSSR count). The second-order valence-electron chi connectivity index (χ2n) is 4.79.